The van der Waals surface area contributed by atoms with E-state index in [1.54, 1.807) is 20.4 Å². The molecule has 7 heteroatoms. The average Bonchev–Trinajstić information content (AvgIpc) is 3.04. The molecule has 128 valence electrons. The van der Waals surface area contributed by atoms with Crippen molar-refractivity contribution in [2.45, 2.75) is 6.92 Å². The zero-order chi connectivity index (χ0) is 17.8. The summed E-state index contributed by atoms with van der Waals surface area (Å²) in [5.74, 6) is 1.30. The van der Waals surface area contributed by atoms with Gasteiger partial charge in [0.15, 0.2) is 0 Å². The molecule has 1 aromatic heterocycles. The van der Waals surface area contributed by atoms with Crippen LogP contribution in [-0.2, 0) is 4.79 Å². The number of nitrogens with zero attached hydrogens (tertiary/aromatic N) is 3. The number of methoxy groups -OCH3 is 2. The number of aromatic nitrogens is 1. The van der Waals surface area contributed by atoms with E-state index in [-0.39, 0.29) is 5.91 Å². The maximum absolute atomic E-state index is 12.0. The molecule has 3 rings (SSSR count). The summed E-state index contributed by atoms with van der Waals surface area (Å²) in [5, 5.41) is 6.10. The Hall–Kier alpha value is -2.93. The zero-order valence-corrected chi connectivity index (χ0v) is 14.9. The Morgan fingerprint density at radius 2 is 1.80 bits per heavy atom. The molecule has 0 radical (unpaired) electrons. The van der Waals surface area contributed by atoms with E-state index in [1.165, 1.54) is 23.3 Å². The molecule has 3 aromatic rings. The van der Waals surface area contributed by atoms with Gasteiger partial charge in [0.2, 0.25) is 11.0 Å². The predicted octanol–water partition coefficient (Wildman–Crippen LogP) is 3.70. The Bertz CT molecular complexity index is 919. The van der Waals surface area contributed by atoms with Gasteiger partial charge in [-0.3, -0.25) is 4.79 Å². The molecule has 0 aliphatic carbocycles. The Morgan fingerprint density at radius 3 is 2.44 bits per heavy atom. The van der Waals surface area contributed by atoms with Gasteiger partial charge in [0.25, 0.3) is 0 Å². The second-order valence-corrected chi connectivity index (χ2v) is 6.19. The van der Waals surface area contributed by atoms with Gasteiger partial charge in [0, 0.05) is 6.92 Å². The molecule has 0 bridgehead atoms. The van der Waals surface area contributed by atoms with Crippen molar-refractivity contribution >= 4 is 38.8 Å². The van der Waals surface area contributed by atoms with Crippen molar-refractivity contribution in [3.05, 3.63) is 48.0 Å². The molecular formula is C18H17N3O3S. The summed E-state index contributed by atoms with van der Waals surface area (Å²) in [6, 6.07) is 13.0. The normalized spacial score (nSPS) is 11.0. The van der Waals surface area contributed by atoms with Crippen LogP contribution in [0.1, 0.15) is 12.5 Å². The van der Waals surface area contributed by atoms with Crippen LogP contribution in [0.15, 0.2) is 47.6 Å². The average molecular weight is 355 g/mol. The number of carbonyl (C=O) groups is 1. The van der Waals surface area contributed by atoms with Gasteiger partial charge < -0.3 is 9.47 Å². The number of hydrogen-bond donors (Lipinski definition) is 0. The maximum atomic E-state index is 12.0. The first-order chi connectivity index (χ1) is 12.1. The van der Waals surface area contributed by atoms with Gasteiger partial charge in [-0.1, -0.05) is 11.3 Å². The number of thiazole rings is 1. The molecule has 1 amide bonds. The van der Waals surface area contributed by atoms with E-state index in [4.69, 9.17) is 9.47 Å². The van der Waals surface area contributed by atoms with Crippen LogP contribution in [0.3, 0.4) is 0 Å². The van der Waals surface area contributed by atoms with Gasteiger partial charge in [-0.2, -0.15) is 10.1 Å². The van der Waals surface area contributed by atoms with Crippen molar-refractivity contribution < 1.29 is 14.3 Å². The third-order valence-electron chi connectivity index (χ3n) is 3.50. The second kappa shape index (κ2) is 7.31. The third kappa shape index (κ3) is 3.77. The number of hydrazone groups is 1. The summed E-state index contributed by atoms with van der Waals surface area (Å²) in [7, 11) is 3.23. The fraction of sp³-hybridized carbons (Fsp3) is 0.167. The van der Waals surface area contributed by atoms with E-state index < -0.39 is 0 Å². The molecule has 0 aliphatic heterocycles. The van der Waals surface area contributed by atoms with E-state index in [2.05, 4.69) is 10.1 Å². The summed E-state index contributed by atoms with van der Waals surface area (Å²) >= 11 is 1.38. The number of carbonyl (C=O) groups excluding carboxylic acids is 1. The van der Waals surface area contributed by atoms with Gasteiger partial charge in [-0.15, -0.1) is 0 Å². The topological polar surface area (TPSA) is 64.0 Å². The summed E-state index contributed by atoms with van der Waals surface area (Å²) in [5.41, 5.74) is 1.65. The quantitative estimate of drug-likeness (QED) is 0.517. The number of fused-ring (bicyclic) bond motifs is 1. The van der Waals surface area contributed by atoms with E-state index in [0.717, 1.165) is 27.3 Å². The molecule has 0 N–H and O–H groups in total. The Labute approximate surface area is 149 Å². The SMILES string of the molecule is COc1ccc(/C=N\N(C(C)=O)c2nc3ccc(OC)cc3s2)cc1. The van der Waals surface area contributed by atoms with Crippen LogP contribution in [0.2, 0.25) is 0 Å². The van der Waals surface area contributed by atoms with Crippen molar-refractivity contribution in [1.82, 2.24) is 4.98 Å². The van der Waals surface area contributed by atoms with Crippen molar-refractivity contribution in [1.29, 1.82) is 0 Å². The van der Waals surface area contributed by atoms with Crippen LogP contribution in [0.25, 0.3) is 10.2 Å². The molecule has 0 atom stereocenters. The Kier molecular flexibility index (Phi) is 4.95. The highest BCUT2D eigenvalue weighted by atomic mass is 32.1. The molecule has 1 heterocycles. The minimum atomic E-state index is -0.212. The van der Waals surface area contributed by atoms with Crippen LogP contribution in [0, 0.1) is 0 Å². The van der Waals surface area contributed by atoms with Crippen LogP contribution in [0.4, 0.5) is 5.13 Å². The standard InChI is InChI=1S/C18H17N3O3S/c1-12(22)21(19-11-13-4-6-14(23-2)7-5-13)18-20-16-9-8-15(24-3)10-17(16)25-18/h4-11H,1-3H3/b19-11-. The number of ether oxygens (including phenoxy) is 2. The Morgan fingerprint density at radius 1 is 1.12 bits per heavy atom. The lowest BCUT2D eigenvalue weighted by Gasteiger charge is -2.10. The van der Waals surface area contributed by atoms with Crippen molar-refractivity contribution in [3.63, 3.8) is 0 Å². The monoisotopic (exact) mass is 355 g/mol. The Balaban J connectivity index is 1.89. The van der Waals surface area contributed by atoms with Gasteiger partial charge in [0.1, 0.15) is 11.5 Å². The molecule has 0 fully saturated rings. The van der Waals surface area contributed by atoms with Crippen LogP contribution in [-0.4, -0.2) is 31.3 Å². The molecule has 0 spiro atoms. The minimum Gasteiger partial charge on any atom is -0.497 e. The molecule has 6 nitrogen and oxygen atoms in total. The van der Waals surface area contributed by atoms with E-state index in [1.807, 2.05) is 42.5 Å². The molecule has 0 saturated heterocycles. The number of benzene rings is 2. The second-order valence-electron chi connectivity index (χ2n) is 5.18. The number of hydrogen-bond acceptors (Lipinski definition) is 6. The molecule has 0 unspecified atom stereocenters. The van der Waals surface area contributed by atoms with Gasteiger partial charge in [-0.25, -0.2) is 4.98 Å². The summed E-state index contributed by atoms with van der Waals surface area (Å²) in [4.78, 5) is 16.5. The number of rotatable bonds is 5. The van der Waals surface area contributed by atoms with Crippen LogP contribution >= 0.6 is 11.3 Å². The first kappa shape index (κ1) is 16.9. The van der Waals surface area contributed by atoms with E-state index in [9.17, 15) is 4.79 Å². The molecule has 25 heavy (non-hydrogen) atoms. The maximum Gasteiger partial charge on any atom is 0.246 e. The summed E-state index contributed by atoms with van der Waals surface area (Å²) < 4.78 is 11.3. The lowest BCUT2D eigenvalue weighted by molar-refractivity contribution is -0.116. The molecule has 0 aliphatic rings. The predicted molar refractivity (Wildman–Crippen MR) is 99.9 cm³/mol. The zero-order valence-electron chi connectivity index (χ0n) is 14.1. The fourth-order valence-corrected chi connectivity index (χ4v) is 3.19. The van der Waals surface area contributed by atoms with Crippen LogP contribution in [0.5, 0.6) is 11.5 Å². The molecule has 2 aromatic carbocycles. The lowest BCUT2D eigenvalue weighted by atomic mass is 10.2. The number of amides is 1. The lowest BCUT2D eigenvalue weighted by Crippen LogP contribution is -2.22. The van der Waals surface area contributed by atoms with Gasteiger partial charge in [-0.05, 0) is 48.0 Å². The summed E-state index contributed by atoms with van der Waals surface area (Å²) in [6.45, 7) is 1.46. The third-order valence-corrected chi connectivity index (χ3v) is 4.50. The van der Waals surface area contributed by atoms with Crippen molar-refractivity contribution in [2.75, 3.05) is 19.2 Å². The molecular weight excluding hydrogens is 338 g/mol. The van der Waals surface area contributed by atoms with E-state index in [0.29, 0.717) is 5.13 Å². The van der Waals surface area contributed by atoms with Crippen molar-refractivity contribution in [3.8, 4) is 11.5 Å². The summed E-state index contributed by atoms with van der Waals surface area (Å²) in [6.07, 6.45) is 1.62. The highest BCUT2D eigenvalue weighted by Crippen LogP contribution is 2.31. The molecule has 0 saturated carbocycles. The first-order valence-electron chi connectivity index (χ1n) is 7.54. The van der Waals surface area contributed by atoms with Gasteiger partial charge in [0.05, 0.1) is 30.7 Å². The smallest absolute Gasteiger partial charge is 0.246 e. The van der Waals surface area contributed by atoms with Crippen LogP contribution < -0.4 is 14.5 Å². The fourth-order valence-electron chi connectivity index (χ4n) is 2.19. The first-order valence-corrected chi connectivity index (χ1v) is 8.35. The van der Waals surface area contributed by atoms with E-state index >= 15 is 0 Å². The highest BCUT2D eigenvalue weighted by Gasteiger charge is 2.15. The minimum absolute atomic E-state index is 0.212. The number of anilines is 1. The van der Waals surface area contributed by atoms with Gasteiger partial charge >= 0.3 is 0 Å². The van der Waals surface area contributed by atoms with Crippen molar-refractivity contribution in [2.24, 2.45) is 5.10 Å². The largest absolute Gasteiger partial charge is 0.497 e. The highest BCUT2D eigenvalue weighted by molar-refractivity contribution is 7.22.